The summed E-state index contributed by atoms with van der Waals surface area (Å²) in [5, 5.41) is 0. The molecule has 10 heteroatoms. The molecule has 1 aromatic carbocycles. The van der Waals surface area contributed by atoms with E-state index in [4.69, 9.17) is 9.47 Å². The Hall–Kier alpha value is -3.50. The van der Waals surface area contributed by atoms with Crippen molar-refractivity contribution in [1.29, 1.82) is 0 Å². The molecule has 0 atom stereocenters. The molecule has 0 N–H and O–H groups in total. The number of benzene rings is 1. The summed E-state index contributed by atoms with van der Waals surface area (Å²) in [4.78, 5) is 30.3. The van der Waals surface area contributed by atoms with Crippen LogP contribution < -0.4 is 4.74 Å². The van der Waals surface area contributed by atoms with Crippen molar-refractivity contribution in [2.45, 2.75) is 45.7 Å². The van der Waals surface area contributed by atoms with E-state index >= 15 is 0 Å². The average Bonchev–Trinajstić information content (AvgIpc) is 3.13. The SMILES string of the molecule is CCOC(=O)c1c(C)c(C(=O)CN(Cc2cccnc2)S(=O)(=O)c2ccc(OC)cc2)c(C)n1CC. The van der Waals surface area contributed by atoms with E-state index in [1.54, 1.807) is 62.0 Å². The van der Waals surface area contributed by atoms with Crippen LogP contribution in [-0.2, 0) is 27.8 Å². The van der Waals surface area contributed by atoms with Gasteiger partial charge in [0.2, 0.25) is 10.0 Å². The Morgan fingerprint density at radius 3 is 2.33 bits per heavy atom. The number of ketones is 1. The zero-order chi connectivity index (χ0) is 26.5. The molecule has 36 heavy (non-hydrogen) atoms. The van der Waals surface area contributed by atoms with Crippen molar-refractivity contribution in [2.24, 2.45) is 0 Å². The maximum Gasteiger partial charge on any atom is 0.355 e. The number of ether oxygens (including phenoxy) is 2. The lowest BCUT2D eigenvalue weighted by Crippen LogP contribution is -2.35. The fraction of sp³-hybridized carbons (Fsp3) is 0.346. The molecule has 9 nitrogen and oxygen atoms in total. The summed E-state index contributed by atoms with van der Waals surface area (Å²) in [6.45, 7) is 7.20. The van der Waals surface area contributed by atoms with Crippen LogP contribution in [0.2, 0.25) is 0 Å². The largest absolute Gasteiger partial charge is 0.497 e. The molecule has 0 saturated heterocycles. The van der Waals surface area contributed by atoms with Gasteiger partial charge in [0, 0.05) is 36.7 Å². The van der Waals surface area contributed by atoms with Gasteiger partial charge in [-0.1, -0.05) is 6.07 Å². The first kappa shape index (κ1) is 27.1. The molecule has 2 aromatic heterocycles. The molecule has 0 unspecified atom stereocenters. The second kappa shape index (κ2) is 11.5. The number of carbonyl (C=O) groups is 2. The summed E-state index contributed by atoms with van der Waals surface area (Å²) in [7, 11) is -2.56. The maximum absolute atomic E-state index is 13.6. The highest BCUT2D eigenvalue weighted by Gasteiger charge is 2.31. The first-order chi connectivity index (χ1) is 17.1. The molecule has 2 heterocycles. The van der Waals surface area contributed by atoms with Gasteiger partial charge in [-0.15, -0.1) is 0 Å². The van der Waals surface area contributed by atoms with Gasteiger partial charge in [-0.25, -0.2) is 13.2 Å². The lowest BCUT2D eigenvalue weighted by molar-refractivity contribution is 0.0512. The van der Waals surface area contributed by atoms with Crippen molar-refractivity contribution in [2.75, 3.05) is 20.3 Å². The van der Waals surface area contributed by atoms with Gasteiger partial charge in [0.25, 0.3) is 0 Å². The standard InChI is InChI=1S/C26H31N3O6S/c1-6-29-19(4)24(18(3)25(29)26(31)35-7-2)23(30)17-28(16-20-9-8-14-27-15-20)36(32,33)22-12-10-21(34-5)11-13-22/h8-15H,6-7,16-17H2,1-5H3. The first-order valence-corrected chi connectivity index (χ1v) is 13.0. The predicted molar refractivity (Wildman–Crippen MR) is 135 cm³/mol. The van der Waals surface area contributed by atoms with Gasteiger partial charge in [-0.05, 0) is 69.2 Å². The second-order valence-corrected chi connectivity index (χ2v) is 10.1. The molecule has 0 bridgehead atoms. The molecule has 0 fully saturated rings. The third-order valence-electron chi connectivity index (χ3n) is 5.93. The van der Waals surface area contributed by atoms with Crippen molar-refractivity contribution >= 4 is 21.8 Å². The number of pyridine rings is 1. The van der Waals surface area contributed by atoms with Crippen LogP contribution in [0.15, 0.2) is 53.7 Å². The van der Waals surface area contributed by atoms with Crippen LogP contribution >= 0.6 is 0 Å². The Bertz CT molecular complexity index is 1330. The van der Waals surface area contributed by atoms with Crippen molar-refractivity contribution in [3.8, 4) is 5.75 Å². The number of methoxy groups -OCH3 is 1. The molecule has 0 aliphatic rings. The molecule has 3 rings (SSSR count). The Labute approximate surface area is 211 Å². The van der Waals surface area contributed by atoms with Gasteiger partial charge in [0.05, 0.1) is 25.2 Å². The van der Waals surface area contributed by atoms with E-state index in [-0.39, 0.29) is 18.0 Å². The molecule has 192 valence electrons. The van der Waals surface area contributed by atoms with Gasteiger partial charge in [-0.2, -0.15) is 4.31 Å². The fourth-order valence-electron chi connectivity index (χ4n) is 4.22. The Morgan fingerprint density at radius 2 is 1.78 bits per heavy atom. The van der Waals surface area contributed by atoms with Gasteiger partial charge < -0.3 is 14.0 Å². The van der Waals surface area contributed by atoms with Crippen LogP contribution in [-0.4, -0.2) is 54.3 Å². The van der Waals surface area contributed by atoms with E-state index in [1.165, 1.54) is 19.2 Å². The normalized spacial score (nSPS) is 11.5. The van der Waals surface area contributed by atoms with Crippen molar-refractivity contribution in [3.05, 3.63) is 76.9 Å². The number of hydrogen-bond donors (Lipinski definition) is 0. The third-order valence-corrected chi connectivity index (χ3v) is 7.74. The van der Waals surface area contributed by atoms with Gasteiger partial charge in [0.1, 0.15) is 11.4 Å². The average molecular weight is 514 g/mol. The van der Waals surface area contributed by atoms with Gasteiger partial charge in [-0.3, -0.25) is 9.78 Å². The predicted octanol–water partition coefficient (Wildman–Crippen LogP) is 3.78. The summed E-state index contributed by atoms with van der Waals surface area (Å²) < 4.78 is 40.4. The monoisotopic (exact) mass is 513 g/mol. The Balaban J connectivity index is 2.04. The Kier molecular flexibility index (Phi) is 8.65. The number of esters is 1. The highest BCUT2D eigenvalue weighted by molar-refractivity contribution is 7.89. The molecule has 0 aliphatic heterocycles. The first-order valence-electron chi connectivity index (χ1n) is 11.6. The fourth-order valence-corrected chi connectivity index (χ4v) is 5.61. The van der Waals surface area contributed by atoms with E-state index in [0.717, 1.165) is 4.31 Å². The number of carbonyl (C=O) groups excluding carboxylic acids is 2. The lowest BCUT2D eigenvalue weighted by atomic mass is 10.1. The molecular weight excluding hydrogens is 482 g/mol. The van der Waals surface area contributed by atoms with Crippen LogP contribution in [0.1, 0.15) is 51.5 Å². The van der Waals surface area contributed by atoms with E-state index in [1.807, 2.05) is 6.92 Å². The van der Waals surface area contributed by atoms with Crippen LogP contribution in [0.25, 0.3) is 0 Å². The number of aromatic nitrogens is 2. The Morgan fingerprint density at radius 1 is 1.08 bits per heavy atom. The maximum atomic E-state index is 13.6. The molecule has 0 amide bonds. The quantitative estimate of drug-likeness (QED) is 0.284. The van der Waals surface area contributed by atoms with E-state index < -0.39 is 28.3 Å². The number of nitrogens with zero attached hydrogens (tertiary/aromatic N) is 3. The van der Waals surface area contributed by atoms with Crippen molar-refractivity contribution in [3.63, 3.8) is 0 Å². The molecule has 3 aromatic rings. The van der Waals surface area contributed by atoms with E-state index in [2.05, 4.69) is 4.98 Å². The number of sulfonamides is 1. The van der Waals surface area contributed by atoms with Crippen LogP contribution in [0.4, 0.5) is 0 Å². The highest BCUT2D eigenvalue weighted by atomic mass is 32.2. The number of hydrogen-bond acceptors (Lipinski definition) is 7. The molecule has 0 radical (unpaired) electrons. The number of Topliss-reactive ketones (excluding diaryl/α,β-unsaturated/α-hetero) is 1. The van der Waals surface area contributed by atoms with E-state index in [9.17, 15) is 18.0 Å². The smallest absolute Gasteiger partial charge is 0.355 e. The van der Waals surface area contributed by atoms with Gasteiger partial charge >= 0.3 is 5.97 Å². The molecular formula is C26H31N3O6S. The van der Waals surface area contributed by atoms with Crippen LogP contribution in [0, 0.1) is 13.8 Å². The van der Waals surface area contributed by atoms with Crippen molar-refractivity contribution in [1.82, 2.24) is 13.9 Å². The minimum absolute atomic E-state index is 0.0341. The molecule has 0 aliphatic carbocycles. The second-order valence-electron chi connectivity index (χ2n) is 8.13. The van der Waals surface area contributed by atoms with E-state index in [0.29, 0.717) is 40.4 Å². The summed E-state index contributed by atoms with van der Waals surface area (Å²) in [5.41, 5.74) is 2.32. The number of rotatable bonds is 11. The minimum atomic E-state index is -4.06. The summed E-state index contributed by atoms with van der Waals surface area (Å²) in [6.07, 6.45) is 3.15. The van der Waals surface area contributed by atoms with Crippen molar-refractivity contribution < 1.29 is 27.5 Å². The minimum Gasteiger partial charge on any atom is -0.497 e. The summed E-state index contributed by atoms with van der Waals surface area (Å²) in [5.74, 6) is -0.414. The topological polar surface area (TPSA) is 108 Å². The van der Waals surface area contributed by atoms with Crippen LogP contribution in [0.3, 0.4) is 0 Å². The zero-order valence-corrected chi connectivity index (χ0v) is 22.0. The lowest BCUT2D eigenvalue weighted by Gasteiger charge is -2.22. The third kappa shape index (κ3) is 5.50. The zero-order valence-electron chi connectivity index (χ0n) is 21.1. The summed E-state index contributed by atoms with van der Waals surface area (Å²) in [6, 6.07) is 9.44. The molecule has 0 saturated carbocycles. The van der Waals surface area contributed by atoms with Crippen LogP contribution in [0.5, 0.6) is 5.75 Å². The highest BCUT2D eigenvalue weighted by Crippen LogP contribution is 2.26. The van der Waals surface area contributed by atoms with Gasteiger partial charge in [0.15, 0.2) is 5.78 Å². The summed E-state index contributed by atoms with van der Waals surface area (Å²) >= 11 is 0. The molecule has 0 spiro atoms.